The first-order chi connectivity index (χ1) is 30.7. The molecule has 0 radical (unpaired) electrons. The first-order valence-corrected chi connectivity index (χ1v) is 23.5. The standard InChI is InChI=1S/C59H38F3P/c1-36-31-37(59(60,61)62)33-40(32-36)63(2,38-27-29-47-45-19-7-13-25-53(45)57(55(47)34-38)49-21-9-3-15-41(49)42-16-4-10-22-50(42)57)39-28-30-48-46-20-8-14-26-54(46)58(56(48)35-39)51-23-11-5-17-43(51)44-18-6-12-24-52(44)58/h3-35H,2H2,1H3. The number of alkyl halides is 3. The van der Waals surface area contributed by atoms with E-state index in [1.807, 2.05) is 6.07 Å². The molecule has 63 heavy (non-hydrogen) atoms. The normalized spacial score (nSPS) is 15.0. The number of halogens is 3. The zero-order chi connectivity index (χ0) is 42.5. The molecule has 9 aromatic carbocycles. The van der Waals surface area contributed by atoms with E-state index in [9.17, 15) is 13.2 Å². The van der Waals surface area contributed by atoms with Gasteiger partial charge >= 0.3 is 6.18 Å². The zero-order valence-corrected chi connectivity index (χ0v) is 35.2. The van der Waals surface area contributed by atoms with Crippen LogP contribution in [0.5, 0.6) is 0 Å². The largest absolute Gasteiger partial charge is 0.416 e. The van der Waals surface area contributed by atoms with Crippen LogP contribution in [-0.2, 0) is 17.0 Å². The van der Waals surface area contributed by atoms with Crippen molar-refractivity contribution in [2.75, 3.05) is 0 Å². The van der Waals surface area contributed by atoms with Crippen LogP contribution in [0.15, 0.2) is 200 Å². The number of fused-ring (bicyclic) bond motifs is 20. The fourth-order valence-corrected chi connectivity index (χ4v) is 15.3. The molecule has 300 valence electrons. The van der Waals surface area contributed by atoms with E-state index in [-0.39, 0.29) is 0 Å². The molecule has 0 nitrogen and oxygen atoms in total. The highest BCUT2D eigenvalue weighted by Crippen LogP contribution is 2.65. The van der Waals surface area contributed by atoms with E-state index in [2.05, 4.69) is 182 Å². The molecule has 0 heterocycles. The highest BCUT2D eigenvalue weighted by molar-refractivity contribution is 7.93. The van der Waals surface area contributed by atoms with E-state index in [1.165, 1.54) is 78.9 Å². The Labute approximate surface area is 365 Å². The Morgan fingerprint density at radius 2 is 0.651 bits per heavy atom. The highest BCUT2D eigenvalue weighted by atomic mass is 31.2. The Kier molecular flexibility index (Phi) is 7.34. The van der Waals surface area contributed by atoms with Gasteiger partial charge in [-0.3, -0.25) is 0 Å². The van der Waals surface area contributed by atoms with Crippen molar-refractivity contribution in [1.82, 2.24) is 0 Å². The zero-order valence-electron chi connectivity index (χ0n) is 34.3. The van der Waals surface area contributed by atoms with Gasteiger partial charge in [-0.1, -0.05) is 182 Å². The molecule has 0 fully saturated rings. The summed E-state index contributed by atoms with van der Waals surface area (Å²) in [5.41, 5.74) is 17.6. The highest BCUT2D eigenvalue weighted by Gasteiger charge is 2.53. The Morgan fingerprint density at radius 1 is 0.349 bits per heavy atom. The lowest BCUT2D eigenvalue weighted by atomic mass is 9.70. The monoisotopic (exact) mass is 834 g/mol. The molecule has 9 aromatic rings. The molecule has 0 amide bonds. The van der Waals surface area contributed by atoms with E-state index in [4.69, 9.17) is 6.30 Å². The van der Waals surface area contributed by atoms with Crippen molar-refractivity contribution in [3.05, 3.63) is 256 Å². The number of hydrogen-bond donors (Lipinski definition) is 0. The van der Waals surface area contributed by atoms with E-state index >= 15 is 0 Å². The van der Waals surface area contributed by atoms with Crippen LogP contribution >= 0.6 is 6.89 Å². The lowest BCUT2D eigenvalue weighted by Crippen LogP contribution is -2.31. The van der Waals surface area contributed by atoms with Crippen molar-refractivity contribution in [2.45, 2.75) is 23.9 Å². The van der Waals surface area contributed by atoms with Crippen molar-refractivity contribution < 1.29 is 13.2 Å². The van der Waals surface area contributed by atoms with Gasteiger partial charge in [0.25, 0.3) is 0 Å². The van der Waals surface area contributed by atoms with Crippen LogP contribution in [0.1, 0.15) is 55.6 Å². The minimum Gasteiger partial charge on any atom is -0.166 e. The molecule has 0 N–H and O–H groups in total. The van der Waals surface area contributed by atoms with Crippen molar-refractivity contribution in [2.24, 2.45) is 0 Å². The molecule has 0 unspecified atom stereocenters. The van der Waals surface area contributed by atoms with Gasteiger partial charge in [-0.25, -0.2) is 0 Å². The van der Waals surface area contributed by atoms with E-state index in [0.717, 1.165) is 32.9 Å². The minimum atomic E-state index is -4.53. The smallest absolute Gasteiger partial charge is 0.166 e. The molecule has 0 bridgehead atoms. The summed E-state index contributed by atoms with van der Waals surface area (Å²) in [6, 6.07) is 70.2. The quantitative estimate of drug-likeness (QED) is 0.156. The van der Waals surface area contributed by atoms with Crippen molar-refractivity contribution >= 4 is 29.1 Å². The third-order valence-corrected chi connectivity index (χ3v) is 18.1. The Balaban J connectivity index is 1.13. The molecule has 0 atom stereocenters. The van der Waals surface area contributed by atoms with E-state index in [0.29, 0.717) is 10.9 Å². The van der Waals surface area contributed by atoms with Gasteiger partial charge in [-0.05, 0) is 149 Å². The van der Waals surface area contributed by atoms with Crippen molar-refractivity contribution in [3.8, 4) is 44.5 Å². The summed E-state index contributed by atoms with van der Waals surface area (Å²) in [6.07, 6.45) is 0.711. The Hall–Kier alpha value is -6.93. The van der Waals surface area contributed by atoms with Crippen LogP contribution in [-0.4, -0.2) is 6.30 Å². The van der Waals surface area contributed by atoms with Gasteiger partial charge in [0.15, 0.2) is 0 Å². The van der Waals surface area contributed by atoms with Crippen LogP contribution in [0.25, 0.3) is 44.5 Å². The second kappa shape index (κ2) is 12.6. The summed E-state index contributed by atoms with van der Waals surface area (Å²) in [4.78, 5) is 0. The van der Waals surface area contributed by atoms with Crippen LogP contribution < -0.4 is 15.9 Å². The van der Waals surface area contributed by atoms with Crippen LogP contribution in [0.2, 0.25) is 0 Å². The fraction of sp³-hybridized carbons (Fsp3) is 0.0678. The molecule has 0 saturated carbocycles. The Morgan fingerprint density at radius 3 is 0.968 bits per heavy atom. The van der Waals surface area contributed by atoms with Crippen LogP contribution in [0, 0.1) is 6.92 Å². The molecule has 4 heteroatoms. The summed E-state index contributed by atoms with van der Waals surface area (Å²) >= 11 is 0. The van der Waals surface area contributed by atoms with Gasteiger partial charge in [-0.2, -0.15) is 13.2 Å². The molecular weight excluding hydrogens is 797 g/mol. The lowest BCUT2D eigenvalue weighted by molar-refractivity contribution is -0.137. The third-order valence-electron chi connectivity index (χ3n) is 14.7. The molecule has 4 aliphatic carbocycles. The summed E-state index contributed by atoms with van der Waals surface area (Å²) in [5, 5.41) is 2.47. The number of hydrogen-bond acceptors (Lipinski definition) is 0. The predicted octanol–water partition coefficient (Wildman–Crippen LogP) is 13.4. The topological polar surface area (TPSA) is 0 Å². The first kappa shape index (κ1) is 36.7. The average molecular weight is 835 g/mol. The van der Waals surface area contributed by atoms with Gasteiger partial charge in [0.05, 0.1) is 16.4 Å². The number of rotatable bonds is 3. The van der Waals surface area contributed by atoms with Gasteiger partial charge in [0, 0.05) is 0 Å². The molecule has 4 aliphatic rings. The molecule has 0 saturated heterocycles. The maximum absolute atomic E-state index is 15.0. The lowest BCUT2D eigenvalue weighted by Gasteiger charge is -2.34. The maximum atomic E-state index is 15.0. The molecule has 0 aromatic heterocycles. The fourth-order valence-electron chi connectivity index (χ4n) is 12.2. The molecular formula is C59H38F3P. The molecule has 13 rings (SSSR count). The number of benzene rings is 9. The van der Waals surface area contributed by atoms with Crippen molar-refractivity contribution in [1.29, 1.82) is 0 Å². The summed E-state index contributed by atoms with van der Waals surface area (Å²) in [7, 11) is 0. The first-order valence-electron chi connectivity index (χ1n) is 21.5. The Bertz CT molecular complexity index is 3190. The summed E-state index contributed by atoms with van der Waals surface area (Å²) < 4.78 is 44.9. The molecule has 2 spiro atoms. The SMILES string of the molecule is C=P(c1cc(C)cc(C(F)(F)F)c1)(c1ccc2c(c1)C1(c3ccccc3-c3ccccc31)c1ccccc1-2)c1ccc2c(c1)C1(c3ccccc3-c3ccccc31)c1ccccc1-2. The summed E-state index contributed by atoms with van der Waals surface area (Å²) in [5.74, 6) is 0. The van der Waals surface area contributed by atoms with Gasteiger partial charge in [0.1, 0.15) is 0 Å². The predicted molar refractivity (Wildman–Crippen MR) is 255 cm³/mol. The van der Waals surface area contributed by atoms with Crippen molar-refractivity contribution in [3.63, 3.8) is 0 Å². The average Bonchev–Trinajstić information content (AvgIpc) is 3.99. The van der Waals surface area contributed by atoms with Gasteiger partial charge in [-0.15, -0.1) is 0 Å². The number of aryl methyl sites for hydroxylation is 1. The van der Waals surface area contributed by atoms with E-state index < -0.39 is 29.5 Å². The third kappa shape index (κ3) is 4.53. The minimum absolute atomic E-state index is 0.556. The van der Waals surface area contributed by atoms with E-state index in [1.54, 1.807) is 6.92 Å². The van der Waals surface area contributed by atoms with Gasteiger partial charge < -0.3 is 0 Å². The van der Waals surface area contributed by atoms with Gasteiger partial charge in [0.2, 0.25) is 0 Å². The second-order valence-corrected chi connectivity index (χ2v) is 20.8. The van der Waals surface area contributed by atoms with Crippen LogP contribution in [0.3, 0.4) is 0 Å². The second-order valence-electron chi connectivity index (χ2n) is 17.6. The maximum Gasteiger partial charge on any atom is 0.416 e. The molecule has 0 aliphatic heterocycles. The summed E-state index contributed by atoms with van der Waals surface area (Å²) in [6.45, 7) is -1.34. The van der Waals surface area contributed by atoms with Crippen LogP contribution in [0.4, 0.5) is 13.2 Å².